The average Bonchev–Trinajstić information content (AvgIpc) is 4.37. The van der Waals surface area contributed by atoms with Crippen molar-refractivity contribution in [2.45, 2.75) is 47.3 Å². The summed E-state index contributed by atoms with van der Waals surface area (Å²) in [4.78, 5) is 0. The van der Waals surface area contributed by atoms with Gasteiger partial charge in [-0.05, 0) is 136 Å². The summed E-state index contributed by atoms with van der Waals surface area (Å²) in [6, 6.07) is 80.8. The van der Waals surface area contributed by atoms with Crippen molar-refractivity contribution in [3.05, 3.63) is 344 Å². The van der Waals surface area contributed by atoms with E-state index in [1.807, 2.05) is 0 Å². The Morgan fingerprint density at radius 1 is 0.403 bits per heavy atom. The number of rotatable bonds is 4. The SMILES string of the molecule is C1=CC2C3=C(CCC=C3)C3(c4ccccc4C4C=CC=C(CC(c5ccc6c(c5)C5(c7ccccc7-c7ccccc75)c5ccccc5-6)c5ccc6c(c5)C5(c7ccccc7-c7ccccc75)c5ccccc5-6)C43)C2C=C1. The van der Waals surface area contributed by atoms with Crippen LogP contribution in [0.3, 0.4) is 0 Å². The summed E-state index contributed by atoms with van der Waals surface area (Å²) in [6.45, 7) is 0. The van der Waals surface area contributed by atoms with Gasteiger partial charge in [0.1, 0.15) is 0 Å². The van der Waals surface area contributed by atoms with Crippen LogP contribution in [-0.4, -0.2) is 0 Å². The molecule has 0 fully saturated rings. The molecule has 18 rings (SSSR count). The van der Waals surface area contributed by atoms with Gasteiger partial charge in [0.05, 0.1) is 10.8 Å². The number of allylic oxidation sites excluding steroid dienone is 12. The van der Waals surface area contributed by atoms with Crippen molar-refractivity contribution < 1.29 is 0 Å². The van der Waals surface area contributed by atoms with Crippen molar-refractivity contribution in [1.82, 2.24) is 0 Å². The Morgan fingerprint density at radius 2 is 0.831 bits per heavy atom. The standard InChI is InChI=1S/C77H54/c1-10-31-63-50(21-1)51-22-2-11-32-64(51)75(63)67-35-14-5-27-56(67)59-42-40-47(45-72(59)75)62(48-41-43-60-57-28-6-15-36-68(57)76(73(60)46-48)65-33-12-3-23-52(65)53-24-4-13-34-66(53)76)44-49-20-19-30-61-58-29-9-18-39-71(58)77(74(49)61)69-37-16-7-25-54(69)55-26-8-17-38-70(55)77/h1-16,18-37,39-43,45-46,54,61-62,69,74H,17,38,44H2. The molecule has 0 nitrogen and oxygen atoms in total. The van der Waals surface area contributed by atoms with Gasteiger partial charge in [-0.3, -0.25) is 0 Å². The van der Waals surface area contributed by atoms with Gasteiger partial charge in [-0.25, -0.2) is 0 Å². The summed E-state index contributed by atoms with van der Waals surface area (Å²) in [5.74, 6) is 1.35. The molecule has 77 heavy (non-hydrogen) atoms. The van der Waals surface area contributed by atoms with Crippen molar-refractivity contribution in [2.75, 3.05) is 0 Å². The van der Waals surface area contributed by atoms with E-state index >= 15 is 0 Å². The van der Waals surface area contributed by atoms with Crippen LogP contribution in [0.5, 0.6) is 0 Å². The first-order chi connectivity index (χ1) is 38.2. The average molecular weight is 979 g/mol. The van der Waals surface area contributed by atoms with Crippen molar-refractivity contribution in [2.24, 2.45) is 17.8 Å². The van der Waals surface area contributed by atoms with Gasteiger partial charge in [-0.15, -0.1) is 0 Å². The lowest BCUT2D eigenvalue weighted by Crippen LogP contribution is -2.42. The van der Waals surface area contributed by atoms with Crippen molar-refractivity contribution in [1.29, 1.82) is 0 Å². The molecule has 362 valence electrons. The minimum absolute atomic E-state index is 0.0452. The third-order valence-corrected chi connectivity index (χ3v) is 20.7. The van der Waals surface area contributed by atoms with Crippen LogP contribution in [0.4, 0.5) is 0 Å². The van der Waals surface area contributed by atoms with E-state index in [1.54, 1.807) is 22.3 Å². The molecule has 9 aliphatic rings. The predicted octanol–water partition coefficient (Wildman–Crippen LogP) is 18.1. The maximum Gasteiger partial charge on any atom is 0.0725 e. The summed E-state index contributed by atoms with van der Waals surface area (Å²) >= 11 is 0. The molecule has 0 aliphatic heterocycles. The number of benzene rings is 9. The zero-order valence-corrected chi connectivity index (χ0v) is 42.8. The largest absolute Gasteiger partial charge is 0.0839 e. The first-order valence-corrected chi connectivity index (χ1v) is 28.3. The molecule has 0 aromatic heterocycles. The van der Waals surface area contributed by atoms with Crippen LogP contribution in [0.25, 0.3) is 44.5 Å². The van der Waals surface area contributed by atoms with Crippen LogP contribution in [-0.2, 0) is 16.2 Å². The maximum atomic E-state index is 2.69. The lowest BCUT2D eigenvalue weighted by molar-refractivity contribution is 0.270. The predicted molar refractivity (Wildman–Crippen MR) is 314 cm³/mol. The number of fused-ring (bicyclic) bond motifs is 29. The van der Waals surface area contributed by atoms with E-state index in [-0.39, 0.29) is 23.2 Å². The second-order valence-electron chi connectivity index (χ2n) is 23.4. The lowest BCUT2D eigenvalue weighted by Gasteiger charge is -2.45. The van der Waals surface area contributed by atoms with Gasteiger partial charge < -0.3 is 0 Å². The fraction of sp³-hybridized carbons (Fsp3) is 0.143. The Morgan fingerprint density at radius 3 is 1.34 bits per heavy atom. The lowest BCUT2D eigenvalue weighted by atomic mass is 9.57. The summed E-state index contributed by atoms with van der Waals surface area (Å²) < 4.78 is 0. The van der Waals surface area contributed by atoms with E-state index < -0.39 is 10.8 Å². The second kappa shape index (κ2) is 15.3. The molecule has 0 heterocycles. The van der Waals surface area contributed by atoms with Gasteiger partial charge in [-0.1, -0.05) is 272 Å². The first-order valence-electron chi connectivity index (χ1n) is 28.3. The van der Waals surface area contributed by atoms with Crippen LogP contribution in [0, 0.1) is 17.8 Å². The Labute approximate surface area is 451 Å². The maximum absolute atomic E-state index is 2.69. The molecule has 0 saturated carbocycles. The molecule has 5 unspecified atom stereocenters. The Bertz CT molecular complexity index is 3990. The number of hydrogen-bond acceptors (Lipinski definition) is 0. The summed E-state index contributed by atoms with van der Waals surface area (Å²) in [6.07, 6.45) is 25.5. The summed E-state index contributed by atoms with van der Waals surface area (Å²) in [5.41, 5.74) is 31.6. The quantitative estimate of drug-likeness (QED) is 0.165. The van der Waals surface area contributed by atoms with Gasteiger partial charge in [0.25, 0.3) is 0 Å². The van der Waals surface area contributed by atoms with Gasteiger partial charge >= 0.3 is 0 Å². The Hall–Kier alpha value is -8.58. The molecule has 0 heteroatoms. The van der Waals surface area contributed by atoms with Crippen LogP contribution >= 0.6 is 0 Å². The molecule has 0 bridgehead atoms. The molecular formula is C77H54. The van der Waals surface area contributed by atoms with Crippen molar-refractivity contribution in [3.8, 4) is 44.5 Å². The minimum Gasteiger partial charge on any atom is -0.0839 e. The fourth-order valence-corrected chi connectivity index (χ4v) is 18.2. The molecule has 9 aliphatic carbocycles. The molecule has 9 aromatic rings. The Balaban J connectivity index is 0.892. The minimum atomic E-state index is -0.438. The van der Waals surface area contributed by atoms with Crippen molar-refractivity contribution in [3.63, 3.8) is 0 Å². The van der Waals surface area contributed by atoms with E-state index in [9.17, 15) is 0 Å². The van der Waals surface area contributed by atoms with Gasteiger partial charge in [0, 0.05) is 35.0 Å². The first kappa shape index (κ1) is 42.6. The van der Waals surface area contributed by atoms with Gasteiger partial charge in [0.2, 0.25) is 0 Å². The summed E-state index contributed by atoms with van der Waals surface area (Å²) in [7, 11) is 0. The number of hydrogen-bond donors (Lipinski definition) is 0. The smallest absolute Gasteiger partial charge is 0.0725 e. The normalized spacial score (nSPS) is 23.2. The van der Waals surface area contributed by atoms with Crippen LogP contribution < -0.4 is 0 Å². The topological polar surface area (TPSA) is 0 Å². The monoisotopic (exact) mass is 978 g/mol. The zero-order valence-electron chi connectivity index (χ0n) is 42.8. The van der Waals surface area contributed by atoms with E-state index in [1.165, 1.54) is 106 Å². The van der Waals surface area contributed by atoms with Gasteiger partial charge in [-0.2, -0.15) is 0 Å². The fourth-order valence-electron chi connectivity index (χ4n) is 18.2. The van der Waals surface area contributed by atoms with E-state index in [2.05, 4.69) is 261 Å². The highest BCUT2D eigenvalue weighted by molar-refractivity contribution is 5.97. The highest BCUT2D eigenvalue weighted by atomic mass is 14.7. The third kappa shape index (κ3) is 5.08. The summed E-state index contributed by atoms with van der Waals surface area (Å²) in [5, 5.41) is 0. The van der Waals surface area contributed by atoms with E-state index in [0.29, 0.717) is 11.8 Å². The molecule has 9 aromatic carbocycles. The Kier molecular flexibility index (Phi) is 8.47. The van der Waals surface area contributed by atoms with Crippen LogP contribution in [0.2, 0.25) is 0 Å². The van der Waals surface area contributed by atoms with E-state index in [4.69, 9.17) is 0 Å². The molecule has 0 saturated heterocycles. The highest BCUT2D eigenvalue weighted by Gasteiger charge is 2.63. The molecule has 0 N–H and O–H groups in total. The molecular weight excluding hydrogens is 925 g/mol. The second-order valence-corrected chi connectivity index (χ2v) is 23.4. The highest BCUT2D eigenvalue weighted by Crippen LogP contribution is 2.71. The van der Waals surface area contributed by atoms with Crippen molar-refractivity contribution >= 4 is 0 Å². The van der Waals surface area contributed by atoms with E-state index in [0.717, 1.165) is 19.3 Å². The van der Waals surface area contributed by atoms with Crippen LogP contribution in [0.15, 0.2) is 278 Å². The molecule has 3 spiro atoms. The molecule has 0 radical (unpaired) electrons. The van der Waals surface area contributed by atoms with Gasteiger partial charge in [0.15, 0.2) is 0 Å². The zero-order chi connectivity index (χ0) is 50.2. The molecule has 5 atom stereocenters. The van der Waals surface area contributed by atoms with Crippen LogP contribution in [0.1, 0.15) is 97.9 Å². The third-order valence-electron chi connectivity index (χ3n) is 20.7. The molecule has 0 amide bonds.